The Morgan fingerprint density at radius 1 is 1.13 bits per heavy atom. The van der Waals surface area contributed by atoms with E-state index in [0.717, 1.165) is 53.3 Å². The summed E-state index contributed by atoms with van der Waals surface area (Å²) in [6.45, 7) is 2.08. The fourth-order valence-corrected chi connectivity index (χ4v) is 4.44. The van der Waals surface area contributed by atoms with Gasteiger partial charge in [0.2, 0.25) is 0 Å². The monoisotopic (exact) mass is 399 g/mol. The molecule has 152 valence electrons. The number of carbonyl (C=O) groups excluding carboxylic acids is 1. The SMILES string of the molecule is CN(CC(C)(C#N)c1ccc2c3c(c(=O)[nH]c2c1)CCCC3)C(=O)c1ccccc1. The standard InChI is InChI=1S/C25H25N3O2/c1-25(15-26,16-28(2)24(30)17-8-4-3-5-9-17)18-12-13-20-19-10-6-7-11-21(19)23(29)27-22(20)14-18/h3-5,8-9,12-14H,6-7,10-11,16H2,1-2H3,(H,27,29). The van der Waals surface area contributed by atoms with Crippen LogP contribution in [0, 0.1) is 11.3 Å². The number of hydrogen-bond acceptors (Lipinski definition) is 3. The molecule has 0 saturated heterocycles. The molecule has 1 atom stereocenters. The number of hydrogen-bond donors (Lipinski definition) is 1. The van der Waals surface area contributed by atoms with E-state index in [9.17, 15) is 14.9 Å². The number of amides is 1. The molecule has 0 saturated carbocycles. The Balaban J connectivity index is 1.69. The van der Waals surface area contributed by atoms with Crippen molar-refractivity contribution in [3.8, 4) is 6.07 Å². The quantitative estimate of drug-likeness (QED) is 0.721. The molecule has 2 aromatic carbocycles. The third-order valence-electron chi connectivity index (χ3n) is 6.14. The fourth-order valence-electron chi connectivity index (χ4n) is 4.44. The average Bonchev–Trinajstić information content (AvgIpc) is 2.78. The predicted octanol–water partition coefficient (Wildman–Crippen LogP) is 3.96. The predicted molar refractivity (Wildman–Crippen MR) is 118 cm³/mol. The maximum absolute atomic E-state index is 12.8. The third kappa shape index (κ3) is 3.50. The minimum atomic E-state index is -0.903. The number of nitrogens with zero attached hydrogens (tertiary/aromatic N) is 2. The summed E-state index contributed by atoms with van der Waals surface area (Å²) in [6, 6.07) is 17.3. The molecule has 5 heteroatoms. The van der Waals surface area contributed by atoms with E-state index in [-0.39, 0.29) is 18.0 Å². The first-order valence-corrected chi connectivity index (χ1v) is 10.3. The van der Waals surface area contributed by atoms with Crippen LogP contribution in [0.1, 0.15) is 46.8 Å². The van der Waals surface area contributed by atoms with Crippen LogP contribution >= 0.6 is 0 Å². The van der Waals surface area contributed by atoms with Crippen molar-refractivity contribution < 1.29 is 4.79 Å². The Labute approximate surface area is 176 Å². The Hall–Kier alpha value is -3.39. The Bertz CT molecular complexity index is 1210. The molecular formula is C25H25N3O2. The van der Waals surface area contributed by atoms with Crippen LogP contribution in [0.4, 0.5) is 0 Å². The molecule has 1 unspecified atom stereocenters. The second kappa shape index (κ2) is 7.79. The molecule has 0 fully saturated rings. The van der Waals surface area contributed by atoms with Gasteiger partial charge in [-0.15, -0.1) is 0 Å². The van der Waals surface area contributed by atoms with Crippen LogP contribution in [0.2, 0.25) is 0 Å². The molecule has 3 aromatic rings. The lowest BCUT2D eigenvalue weighted by Gasteiger charge is -2.29. The van der Waals surface area contributed by atoms with Crippen molar-refractivity contribution in [2.45, 2.75) is 38.0 Å². The first kappa shape index (κ1) is 19.9. The van der Waals surface area contributed by atoms with Gasteiger partial charge in [0.05, 0.1) is 11.5 Å². The number of aromatic nitrogens is 1. The molecule has 1 amide bonds. The van der Waals surface area contributed by atoms with Gasteiger partial charge in [0.1, 0.15) is 0 Å². The summed E-state index contributed by atoms with van der Waals surface area (Å²) in [5.41, 5.74) is 3.26. The smallest absolute Gasteiger partial charge is 0.253 e. The first-order valence-electron chi connectivity index (χ1n) is 10.3. The van der Waals surface area contributed by atoms with Crippen molar-refractivity contribution in [3.63, 3.8) is 0 Å². The van der Waals surface area contributed by atoms with Crippen LogP contribution in [-0.4, -0.2) is 29.4 Å². The molecule has 1 N–H and O–H groups in total. The largest absolute Gasteiger partial charge is 0.340 e. The van der Waals surface area contributed by atoms with Crippen molar-refractivity contribution in [3.05, 3.63) is 81.1 Å². The highest BCUT2D eigenvalue weighted by atomic mass is 16.2. The van der Waals surface area contributed by atoms with Gasteiger partial charge in [0.15, 0.2) is 0 Å². The molecule has 0 spiro atoms. The molecular weight excluding hydrogens is 374 g/mol. The van der Waals surface area contributed by atoms with Gasteiger partial charge in [0, 0.05) is 35.6 Å². The van der Waals surface area contributed by atoms with Crippen molar-refractivity contribution in [1.82, 2.24) is 9.88 Å². The van der Waals surface area contributed by atoms with Crippen molar-refractivity contribution in [2.24, 2.45) is 0 Å². The van der Waals surface area contributed by atoms with Crippen LogP contribution < -0.4 is 5.56 Å². The molecule has 1 aliphatic rings. The molecule has 1 heterocycles. The number of aromatic amines is 1. The van der Waals surface area contributed by atoms with Crippen LogP contribution in [0.15, 0.2) is 53.3 Å². The first-order chi connectivity index (χ1) is 14.4. The van der Waals surface area contributed by atoms with Crippen LogP contribution in [0.25, 0.3) is 10.9 Å². The number of likely N-dealkylation sites (N-methyl/N-ethyl adjacent to an activating group) is 1. The molecule has 4 rings (SSSR count). The number of rotatable bonds is 4. The molecule has 30 heavy (non-hydrogen) atoms. The highest BCUT2D eigenvalue weighted by molar-refractivity contribution is 5.94. The van der Waals surface area contributed by atoms with Crippen LogP contribution in [-0.2, 0) is 18.3 Å². The van der Waals surface area contributed by atoms with Crippen LogP contribution in [0.3, 0.4) is 0 Å². The highest BCUT2D eigenvalue weighted by Gasteiger charge is 2.31. The van der Waals surface area contributed by atoms with E-state index < -0.39 is 5.41 Å². The second-order valence-electron chi connectivity index (χ2n) is 8.35. The third-order valence-corrected chi connectivity index (χ3v) is 6.14. The summed E-state index contributed by atoms with van der Waals surface area (Å²) in [5, 5.41) is 11.1. The maximum Gasteiger partial charge on any atom is 0.253 e. The summed E-state index contributed by atoms with van der Waals surface area (Å²) >= 11 is 0. The number of fused-ring (bicyclic) bond motifs is 3. The zero-order valence-corrected chi connectivity index (χ0v) is 17.4. The second-order valence-corrected chi connectivity index (χ2v) is 8.35. The van der Waals surface area contributed by atoms with Gasteiger partial charge in [-0.2, -0.15) is 5.26 Å². The van der Waals surface area contributed by atoms with Crippen LogP contribution in [0.5, 0.6) is 0 Å². The van der Waals surface area contributed by atoms with E-state index in [2.05, 4.69) is 11.1 Å². The number of aryl methyl sites for hydroxylation is 1. The van der Waals surface area contributed by atoms with Gasteiger partial charge < -0.3 is 9.88 Å². The summed E-state index contributed by atoms with van der Waals surface area (Å²) in [5.74, 6) is -0.125. The maximum atomic E-state index is 12.8. The van der Waals surface area contributed by atoms with E-state index in [4.69, 9.17) is 0 Å². The lowest BCUT2D eigenvalue weighted by Crippen LogP contribution is -2.39. The molecule has 1 aromatic heterocycles. The number of H-pyrrole nitrogens is 1. The van der Waals surface area contributed by atoms with E-state index >= 15 is 0 Å². The molecule has 5 nitrogen and oxygen atoms in total. The summed E-state index contributed by atoms with van der Waals surface area (Å²) in [7, 11) is 1.71. The summed E-state index contributed by atoms with van der Waals surface area (Å²) in [4.78, 5) is 29.9. The molecule has 1 aliphatic carbocycles. The Morgan fingerprint density at radius 2 is 1.83 bits per heavy atom. The number of benzene rings is 2. The van der Waals surface area contributed by atoms with Gasteiger partial charge >= 0.3 is 0 Å². The average molecular weight is 399 g/mol. The minimum Gasteiger partial charge on any atom is -0.340 e. The summed E-state index contributed by atoms with van der Waals surface area (Å²) in [6.07, 6.45) is 3.88. The molecule has 0 aliphatic heterocycles. The van der Waals surface area contributed by atoms with E-state index in [1.807, 2.05) is 43.3 Å². The lowest BCUT2D eigenvalue weighted by molar-refractivity contribution is 0.0776. The normalized spacial score (nSPS) is 15.1. The van der Waals surface area contributed by atoms with Gasteiger partial charge in [-0.05, 0) is 61.9 Å². The minimum absolute atomic E-state index is 0.0237. The fraction of sp³-hybridized carbons (Fsp3) is 0.320. The molecule has 0 bridgehead atoms. The van der Waals surface area contributed by atoms with Crippen molar-refractivity contribution >= 4 is 16.8 Å². The zero-order chi connectivity index (χ0) is 21.3. The topological polar surface area (TPSA) is 77.0 Å². The van der Waals surface area contributed by atoms with Gasteiger partial charge in [0.25, 0.3) is 11.5 Å². The van der Waals surface area contributed by atoms with Gasteiger partial charge in [-0.3, -0.25) is 9.59 Å². The zero-order valence-electron chi connectivity index (χ0n) is 17.4. The van der Waals surface area contributed by atoms with E-state index in [1.54, 1.807) is 24.1 Å². The van der Waals surface area contributed by atoms with Gasteiger partial charge in [-0.1, -0.05) is 30.3 Å². The number of nitriles is 1. The highest BCUT2D eigenvalue weighted by Crippen LogP contribution is 2.30. The Morgan fingerprint density at radius 3 is 2.53 bits per heavy atom. The van der Waals surface area contributed by atoms with Gasteiger partial charge in [-0.25, -0.2) is 0 Å². The van der Waals surface area contributed by atoms with E-state index in [0.29, 0.717) is 5.56 Å². The van der Waals surface area contributed by atoms with E-state index in [1.165, 1.54) is 0 Å². The number of carbonyl (C=O) groups is 1. The van der Waals surface area contributed by atoms with Crippen molar-refractivity contribution in [2.75, 3.05) is 13.6 Å². The lowest BCUT2D eigenvalue weighted by atomic mass is 9.82. The number of pyridine rings is 1. The molecule has 0 radical (unpaired) electrons. The summed E-state index contributed by atoms with van der Waals surface area (Å²) < 4.78 is 0. The Kier molecular flexibility index (Phi) is 5.17. The number of nitrogens with one attached hydrogen (secondary N) is 1. The van der Waals surface area contributed by atoms with Crippen molar-refractivity contribution in [1.29, 1.82) is 5.26 Å².